The number of aromatic nitrogens is 3. The lowest BCUT2D eigenvalue weighted by Gasteiger charge is -2.05. The molecule has 0 unspecified atom stereocenters. The zero-order valence-electron chi connectivity index (χ0n) is 16.9. The zero-order valence-corrected chi connectivity index (χ0v) is 17.7. The SMILES string of the molecule is O=C(COCc1nc2ccccc2c(=O)[nH]1)Nc1nc(-c2ccc3ccccc3c2)cs1. The van der Waals surface area contributed by atoms with Crippen LogP contribution in [0, 0.1) is 0 Å². The van der Waals surface area contributed by atoms with E-state index in [9.17, 15) is 9.59 Å². The minimum Gasteiger partial charge on any atom is -0.364 e. The number of anilines is 1. The third-order valence-corrected chi connectivity index (χ3v) is 5.69. The third-order valence-electron chi connectivity index (χ3n) is 4.93. The number of amides is 1. The van der Waals surface area contributed by atoms with Gasteiger partial charge < -0.3 is 9.72 Å². The van der Waals surface area contributed by atoms with Crippen molar-refractivity contribution in [3.63, 3.8) is 0 Å². The molecule has 8 heteroatoms. The molecule has 0 aliphatic carbocycles. The fourth-order valence-electron chi connectivity index (χ4n) is 3.41. The van der Waals surface area contributed by atoms with Crippen molar-refractivity contribution in [2.45, 2.75) is 6.61 Å². The van der Waals surface area contributed by atoms with Crippen LogP contribution in [0.5, 0.6) is 0 Å². The van der Waals surface area contributed by atoms with Crippen molar-refractivity contribution < 1.29 is 9.53 Å². The Balaban J connectivity index is 1.20. The van der Waals surface area contributed by atoms with Crippen molar-refractivity contribution in [3.05, 3.63) is 88.3 Å². The molecule has 2 heterocycles. The first-order valence-electron chi connectivity index (χ1n) is 9.96. The lowest BCUT2D eigenvalue weighted by molar-refractivity contribution is -0.121. The number of thiazole rings is 1. The maximum atomic E-state index is 12.2. The number of rotatable bonds is 6. The number of ether oxygens (including phenoxy) is 1. The Kier molecular flexibility index (Phi) is 5.45. The Hall–Kier alpha value is -3.88. The highest BCUT2D eigenvalue weighted by Gasteiger charge is 2.10. The van der Waals surface area contributed by atoms with Gasteiger partial charge in [-0.3, -0.25) is 14.9 Å². The molecular weight excluding hydrogens is 424 g/mol. The van der Waals surface area contributed by atoms with Gasteiger partial charge in [0.05, 0.1) is 16.6 Å². The summed E-state index contributed by atoms with van der Waals surface area (Å²) >= 11 is 1.35. The topological polar surface area (TPSA) is 97.0 Å². The first kappa shape index (κ1) is 20.0. The lowest BCUT2D eigenvalue weighted by Crippen LogP contribution is -2.19. The van der Waals surface area contributed by atoms with Gasteiger partial charge in [0.2, 0.25) is 0 Å². The van der Waals surface area contributed by atoms with Crippen molar-refractivity contribution in [2.24, 2.45) is 0 Å². The number of para-hydroxylation sites is 1. The van der Waals surface area contributed by atoms with Gasteiger partial charge in [0.1, 0.15) is 19.0 Å². The smallest absolute Gasteiger partial charge is 0.258 e. The Bertz CT molecular complexity index is 1490. The number of carbonyl (C=O) groups is 1. The van der Waals surface area contributed by atoms with Crippen molar-refractivity contribution in [3.8, 4) is 11.3 Å². The second-order valence-electron chi connectivity index (χ2n) is 7.17. The molecule has 0 saturated carbocycles. The first-order valence-corrected chi connectivity index (χ1v) is 10.8. The van der Waals surface area contributed by atoms with Crippen LogP contribution < -0.4 is 10.9 Å². The molecule has 0 radical (unpaired) electrons. The molecule has 0 saturated heterocycles. The van der Waals surface area contributed by atoms with Crippen LogP contribution in [0.1, 0.15) is 5.82 Å². The van der Waals surface area contributed by atoms with E-state index in [4.69, 9.17) is 4.74 Å². The van der Waals surface area contributed by atoms with Crippen LogP contribution in [0.25, 0.3) is 32.9 Å². The second-order valence-corrected chi connectivity index (χ2v) is 8.03. The number of H-pyrrole nitrogens is 1. The summed E-state index contributed by atoms with van der Waals surface area (Å²) in [5.41, 5.74) is 2.14. The molecule has 2 aromatic heterocycles. The molecule has 32 heavy (non-hydrogen) atoms. The highest BCUT2D eigenvalue weighted by molar-refractivity contribution is 7.14. The predicted molar refractivity (Wildman–Crippen MR) is 126 cm³/mol. The van der Waals surface area contributed by atoms with E-state index in [1.54, 1.807) is 18.2 Å². The molecule has 158 valence electrons. The fourth-order valence-corrected chi connectivity index (χ4v) is 4.15. The lowest BCUT2D eigenvalue weighted by atomic mass is 10.1. The Morgan fingerprint density at radius 3 is 2.72 bits per heavy atom. The number of benzene rings is 3. The third kappa shape index (κ3) is 4.27. The monoisotopic (exact) mass is 442 g/mol. The first-order chi connectivity index (χ1) is 15.7. The van der Waals surface area contributed by atoms with Crippen molar-refractivity contribution >= 4 is 44.1 Å². The Morgan fingerprint density at radius 1 is 1.00 bits per heavy atom. The largest absolute Gasteiger partial charge is 0.364 e. The van der Waals surface area contributed by atoms with E-state index in [1.807, 2.05) is 29.6 Å². The van der Waals surface area contributed by atoms with Crippen LogP contribution in [-0.4, -0.2) is 27.5 Å². The van der Waals surface area contributed by atoms with E-state index in [0.29, 0.717) is 21.9 Å². The van der Waals surface area contributed by atoms with Crippen LogP contribution in [-0.2, 0) is 16.1 Å². The number of carbonyl (C=O) groups excluding carboxylic acids is 1. The van der Waals surface area contributed by atoms with Crippen LogP contribution in [0.4, 0.5) is 5.13 Å². The van der Waals surface area contributed by atoms with Gasteiger partial charge in [-0.1, -0.05) is 48.5 Å². The van der Waals surface area contributed by atoms with Crippen LogP contribution in [0.15, 0.2) is 76.9 Å². The van der Waals surface area contributed by atoms with Crippen LogP contribution in [0.2, 0.25) is 0 Å². The molecule has 7 nitrogen and oxygen atoms in total. The van der Waals surface area contributed by atoms with E-state index in [0.717, 1.165) is 16.6 Å². The number of hydrogen-bond donors (Lipinski definition) is 2. The number of nitrogens with zero attached hydrogens (tertiary/aromatic N) is 2. The van der Waals surface area contributed by atoms with E-state index < -0.39 is 0 Å². The number of fused-ring (bicyclic) bond motifs is 2. The van der Waals surface area contributed by atoms with Crippen LogP contribution >= 0.6 is 11.3 Å². The molecule has 5 aromatic rings. The summed E-state index contributed by atoms with van der Waals surface area (Å²) in [5.74, 6) is 0.0434. The molecule has 5 rings (SSSR count). The summed E-state index contributed by atoms with van der Waals surface area (Å²) in [6, 6.07) is 21.3. The van der Waals surface area contributed by atoms with Crippen molar-refractivity contribution in [2.75, 3.05) is 11.9 Å². The summed E-state index contributed by atoms with van der Waals surface area (Å²) in [6.07, 6.45) is 0. The second kappa shape index (κ2) is 8.70. The van der Waals surface area contributed by atoms with Gasteiger partial charge in [-0.2, -0.15) is 0 Å². The molecule has 0 atom stereocenters. The molecule has 1 amide bonds. The number of hydrogen-bond acceptors (Lipinski definition) is 6. The molecule has 3 aromatic carbocycles. The van der Waals surface area contributed by atoms with Crippen LogP contribution in [0.3, 0.4) is 0 Å². The van der Waals surface area contributed by atoms with Gasteiger partial charge >= 0.3 is 0 Å². The molecule has 2 N–H and O–H groups in total. The van der Waals surface area contributed by atoms with E-state index in [2.05, 4.69) is 44.5 Å². The highest BCUT2D eigenvalue weighted by atomic mass is 32.1. The molecule has 0 fully saturated rings. The molecule has 0 aliphatic rings. The molecular formula is C24H18N4O3S. The fraction of sp³-hybridized carbons (Fsp3) is 0.0833. The predicted octanol–water partition coefficient (Wildman–Crippen LogP) is 4.36. The van der Waals surface area contributed by atoms with Gasteiger partial charge in [0, 0.05) is 10.9 Å². The summed E-state index contributed by atoms with van der Waals surface area (Å²) in [7, 11) is 0. The van der Waals surface area contributed by atoms with Gasteiger partial charge in [-0.25, -0.2) is 9.97 Å². The van der Waals surface area contributed by atoms with Gasteiger partial charge in [0.15, 0.2) is 5.13 Å². The maximum Gasteiger partial charge on any atom is 0.258 e. The molecule has 0 bridgehead atoms. The average Bonchev–Trinajstić information content (AvgIpc) is 3.27. The van der Waals surface area contributed by atoms with Gasteiger partial charge in [0.25, 0.3) is 11.5 Å². The van der Waals surface area contributed by atoms with E-state index in [1.165, 1.54) is 16.7 Å². The standard InChI is InChI=1S/C24H18N4O3S/c29-22(13-31-12-21-25-19-8-4-3-7-18(19)23(30)27-21)28-24-26-20(14-32-24)17-10-9-15-5-1-2-6-16(15)11-17/h1-11,14H,12-13H2,(H,25,27,30)(H,26,28,29). The number of aromatic amines is 1. The Labute approximate surface area is 186 Å². The molecule has 0 aliphatic heterocycles. The summed E-state index contributed by atoms with van der Waals surface area (Å²) in [4.78, 5) is 35.9. The van der Waals surface area contributed by atoms with Gasteiger partial charge in [-0.05, 0) is 29.0 Å². The van der Waals surface area contributed by atoms with Gasteiger partial charge in [-0.15, -0.1) is 11.3 Å². The summed E-state index contributed by atoms with van der Waals surface area (Å²) in [5, 5.41) is 7.97. The zero-order chi connectivity index (χ0) is 21.9. The highest BCUT2D eigenvalue weighted by Crippen LogP contribution is 2.27. The summed E-state index contributed by atoms with van der Waals surface area (Å²) < 4.78 is 5.43. The minimum absolute atomic E-state index is 0.0215. The summed E-state index contributed by atoms with van der Waals surface area (Å²) in [6.45, 7) is -0.158. The number of nitrogens with one attached hydrogen (secondary N) is 2. The quantitative estimate of drug-likeness (QED) is 0.407. The Morgan fingerprint density at radius 2 is 1.81 bits per heavy atom. The minimum atomic E-state index is -0.326. The van der Waals surface area contributed by atoms with E-state index in [-0.39, 0.29) is 24.7 Å². The van der Waals surface area contributed by atoms with Crippen molar-refractivity contribution in [1.82, 2.24) is 15.0 Å². The maximum absolute atomic E-state index is 12.2. The normalized spacial score (nSPS) is 11.1. The van der Waals surface area contributed by atoms with E-state index >= 15 is 0 Å². The molecule has 0 spiro atoms. The average molecular weight is 443 g/mol. The van der Waals surface area contributed by atoms with Crippen molar-refractivity contribution in [1.29, 1.82) is 0 Å².